The van der Waals surface area contributed by atoms with E-state index in [0.29, 0.717) is 6.54 Å². The highest BCUT2D eigenvalue weighted by Crippen LogP contribution is 2.11. The van der Waals surface area contributed by atoms with Crippen LogP contribution in [0.25, 0.3) is 0 Å². The summed E-state index contributed by atoms with van der Waals surface area (Å²) in [4.78, 5) is 6.92. The van der Waals surface area contributed by atoms with Crippen molar-refractivity contribution in [1.82, 2.24) is 15.5 Å². The summed E-state index contributed by atoms with van der Waals surface area (Å²) in [7, 11) is 5.54. The van der Waals surface area contributed by atoms with E-state index in [4.69, 9.17) is 9.47 Å². The fraction of sp³-hybridized carbons (Fsp3) is 0.611. The second-order valence-electron chi connectivity index (χ2n) is 5.62. The third kappa shape index (κ3) is 11.2. The largest absolute Gasteiger partial charge is 0.497 e. The number of methoxy groups -OCH3 is 2. The topological polar surface area (TPSA) is 58.1 Å². The van der Waals surface area contributed by atoms with Crippen LogP contribution >= 0.6 is 24.0 Å². The van der Waals surface area contributed by atoms with Crippen LogP contribution in [0.3, 0.4) is 0 Å². The molecule has 0 aliphatic carbocycles. The molecular formula is C18H33IN4O2. The van der Waals surface area contributed by atoms with Crippen molar-refractivity contribution in [1.29, 1.82) is 0 Å². The average molecular weight is 464 g/mol. The Kier molecular flexibility index (Phi) is 14.6. The summed E-state index contributed by atoms with van der Waals surface area (Å²) in [5.74, 6) is 1.71. The molecule has 0 saturated carbocycles. The fourth-order valence-electron chi connectivity index (χ4n) is 2.20. The Labute approximate surface area is 169 Å². The molecule has 0 saturated heterocycles. The number of likely N-dealkylation sites (N-methyl/N-ethyl adjacent to an activating group) is 1. The van der Waals surface area contributed by atoms with Crippen LogP contribution in [0.15, 0.2) is 29.3 Å². The maximum absolute atomic E-state index is 5.17. The predicted molar refractivity (Wildman–Crippen MR) is 115 cm³/mol. The van der Waals surface area contributed by atoms with Gasteiger partial charge in [-0.2, -0.15) is 0 Å². The Bertz CT molecular complexity index is 469. The molecule has 6 nitrogen and oxygen atoms in total. The van der Waals surface area contributed by atoms with Gasteiger partial charge in [0.25, 0.3) is 0 Å². The third-order valence-corrected chi connectivity index (χ3v) is 3.60. The van der Waals surface area contributed by atoms with Gasteiger partial charge in [-0.3, -0.25) is 0 Å². The number of ether oxygens (including phenoxy) is 2. The lowest BCUT2D eigenvalue weighted by Crippen LogP contribution is -2.41. The Balaban J connectivity index is 0.00000576. The van der Waals surface area contributed by atoms with E-state index in [1.807, 2.05) is 24.3 Å². The maximum atomic E-state index is 5.17. The third-order valence-electron chi connectivity index (χ3n) is 3.60. The quantitative estimate of drug-likeness (QED) is 0.228. The molecule has 0 spiro atoms. The van der Waals surface area contributed by atoms with Crippen LogP contribution < -0.4 is 15.4 Å². The van der Waals surface area contributed by atoms with E-state index in [9.17, 15) is 0 Å². The number of hydrogen-bond donors (Lipinski definition) is 2. The Morgan fingerprint density at radius 2 is 1.84 bits per heavy atom. The summed E-state index contributed by atoms with van der Waals surface area (Å²) >= 11 is 0. The molecule has 25 heavy (non-hydrogen) atoms. The lowest BCUT2D eigenvalue weighted by molar-refractivity contribution is 0.180. The molecule has 144 valence electrons. The first kappa shape index (κ1) is 23.9. The molecule has 2 N–H and O–H groups in total. The van der Waals surface area contributed by atoms with Gasteiger partial charge >= 0.3 is 0 Å². The molecule has 7 heteroatoms. The van der Waals surface area contributed by atoms with Gasteiger partial charge in [0.1, 0.15) is 5.75 Å². The highest BCUT2D eigenvalue weighted by Gasteiger charge is 2.01. The minimum atomic E-state index is 0. The van der Waals surface area contributed by atoms with Crippen molar-refractivity contribution >= 4 is 29.9 Å². The summed E-state index contributed by atoms with van der Waals surface area (Å²) in [5.41, 5.74) is 1.16. The molecule has 1 aromatic carbocycles. The molecule has 0 atom stereocenters. The molecule has 0 heterocycles. The monoisotopic (exact) mass is 464 g/mol. The number of nitrogens with one attached hydrogen (secondary N) is 2. The number of rotatable bonds is 11. The lowest BCUT2D eigenvalue weighted by atomic mass is 10.2. The van der Waals surface area contributed by atoms with Gasteiger partial charge in [-0.05, 0) is 38.1 Å². The van der Waals surface area contributed by atoms with Gasteiger partial charge < -0.3 is 25.0 Å². The Morgan fingerprint density at radius 3 is 2.44 bits per heavy atom. The first-order chi connectivity index (χ1) is 11.7. The van der Waals surface area contributed by atoms with Gasteiger partial charge in [0.2, 0.25) is 0 Å². The number of guanidine groups is 1. The summed E-state index contributed by atoms with van der Waals surface area (Å²) in [6.45, 7) is 7.23. The summed E-state index contributed by atoms with van der Waals surface area (Å²) < 4.78 is 10.2. The molecule has 0 radical (unpaired) electrons. The first-order valence-electron chi connectivity index (χ1n) is 8.52. The van der Waals surface area contributed by atoms with Gasteiger partial charge in [0.05, 0.1) is 13.7 Å². The van der Waals surface area contributed by atoms with E-state index in [0.717, 1.165) is 56.5 Å². The van der Waals surface area contributed by atoms with Gasteiger partial charge in [-0.15, -0.1) is 24.0 Å². The average Bonchev–Trinajstić information content (AvgIpc) is 2.60. The standard InChI is InChI=1S/C18H32N4O2.HI/c1-5-19-18(20-11-13-22(2)12-6-14-23-3)21-15-16-7-9-17(24-4)10-8-16;/h7-10H,5-6,11-15H2,1-4H3,(H2,19,20,21);1H. The second-order valence-corrected chi connectivity index (χ2v) is 5.62. The number of nitrogens with zero attached hydrogens (tertiary/aromatic N) is 2. The maximum Gasteiger partial charge on any atom is 0.191 e. The fourth-order valence-corrected chi connectivity index (χ4v) is 2.20. The summed E-state index contributed by atoms with van der Waals surface area (Å²) in [5, 5.41) is 6.65. The van der Waals surface area contributed by atoms with E-state index in [1.165, 1.54) is 0 Å². The Hall–Kier alpha value is -1.06. The van der Waals surface area contributed by atoms with Crippen LogP contribution in [0.1, 0.15) is 18.9 Å². The molecule has 0 fully saturated rings. The van der Waals surface area contributed by atoms with Crippen molar-refractivity contribution < 1.29 is 9.47 Å². The van der Waals surface area contributed by atoms with Crippen molar-refractivity contribution in [2.45, 2.75) is 19.9 Å². The SMILES string of the molecule is CCNC(=NCc1ccc(OC)cc1)NCCN(C)CCCOC.I. The first-order valence-corrected chi connectivity index (χ1v) is 8.52. The zero-order chi connectivity index (χ0) is 17.6. The summed E-state index contributed by atoms with van der Waals surface area (Å²) in [6.07, 6.45) is 1.05. The molecule has 0 bridgehead atoms. The molecule has 0 amide bonds. The number of benzene rings is 1. The van der Waals surface area contributed by atoms with Crippen LogP contribution in [-0.2, 0) is 11.3 Å². The zero-order valence-corrected chi connectivity index (χ0v) is 18.2. The van der Waals surface area contributed by atoms with Gasteiger partial charge in [-0.1, -0.05) is 12.1 Å². The Morgan fingerprint density at radius 1 is 1.12 bits per heavy atom. The number of halogens is 1. The van der Waals surface area contributed by atoms with Crippen LogP contribution in [0.4, 0.5) is 0 Å². The van der Waals surface area contributed by atoms with E-state index in [2.05, 4.69) is 34.5 Å². The number of aliphatic imine (C=N–C) groups is 1. The molecule has 1 aromatic rings. The van der Waals surface area contributed by atoms with Crippen LogP contribution in [0, 0.1) is 0 Å². The number of hydrogen-bond acceptors (Lipinski definition) is 4. The van der Waals surface area contributed by atoms with Crippen LogP contribution in [-0.4, -0.2) is 64.9 Å². The van der Waals surface area contributed by atoms with Gasteiger partial charge in [0.15, 0.2) is 5.96 Å². The van der Waals surface area contributed by atoms with Crippen LogP contribution in [0.5, 0.6) is 5.75 Å². The van der Waals surface area contributed by atoms with E-state index >= 15 is 0 Å². The molecule has 0 aliphatic heterocycles. The van der Waals surface area contributed by atoms with Crippen LogP contribution in [0.2, 0.25) is 0 Å². The van der Waals surface area contributed by atoms with E-state index < -0.39 is 0 Å². The highest BCUT2D eigenvalue weighted by atomic mass is 127. The molecule has 1 rings (SSSR count). The minimum absolute atomic E-state index is 0. The molecule has 0 aliphatic rings. The zero-order valence-electron chi connectivity index (χ0n) is 15.9. The van der Waals surface area contributed by atoms with Gasteiger partial charge in [-0.25, -0.2) is 4.99 Å². The van der Waals surface area contributed by atoms with Gasteiger partial charge in [0, 0.05) is 39.9 Å². The minimum Gasteiger partial charge on any atom is -0.497 e. The summed E-state index contributed by atoms with van der Waals surface area (Å²) in [6, 6.07) is 7.99. The van der Waals surface area contributed by atoms with E-state index in [1.54, 1.807) is 14.2 Å². The second kappa shape index (κ2) is 15.2. The smallest absolute Gasteiger partial charge is 0.191 e. The normalized spacial score (nSPS) is 11.2. The van der Waals surface area contributed by atoms with Crippen molar-refractivity contribution in [2.24, 2.45) is 4.99 Å². The molecular weight excluding hydrogens is 431 g/mol. The lowest BCUT2D eigenvalue weighted by Gasteiger charge is -2.18. The van der Waals surface area contributed by atoms with Crippen molar-refractivity contribution in [3.63, 3.8) is 0 Å². The van der Waals surface area contributed by atoms with E-state index in [-0.39, 0.29) is 24.0 Å². The van der Waals surface area contributed by atoms with Crippen molar-refractivity contribution in [3.8, 4) is 5.75 Å². The van der Waals surface area contributed by atoms with Crippen molar-refractivity contribution in [2.75, 3.05) is 54.1 Å². The predicted octanol–water partition coefficient (Wildman–Crippen LogP) is 2.34. The highest BCUT2D eigenvalue weighted by molar-refractivity contribution is 14.0. The molecule has 0 aromatic heterocycles. The van der Waals surface area contributed by atoms with Crippen molar-refractivity contribution in [3.05, 3.63) is 29.8 Å². The molecule has 0 unspecified atom stereocenters.